The molecular formula is C12H17Br2NO3S2. The predicted molar refractivity (Wildman–Crippen MR) is 89.9 cm³/mol. The second-order valence-electron chi connectivity index (χ2n) is 4.53. The van der Waals surface area contributed by atoms with Crippen molar-refractivity contribution in [2.75, 3.05) is 12.8 Å². The minimum absolute atomic E-state index is 0.0362. The molecule has 0 saturated heterocycles. The van der Waals surface area contributed by atoms with E-state index in [1.54, 1.807) is 18.4 Å². The van der Waals surface area contributed by atoms with Crippen LogP contribution in [0.15, 0.2) is 26.0 Å². The maximum absolute atomic E-state index is 12.2. The average molecular weight is 447 g/mol. The van der Waals surface area contributed by atoms with Crippen molar-refractivity contribution in [3.63, 3.8) is 0 Å². The lowest BCUT2D eigenvalue weighted by Gasteiger charge is -2.12. The summed E-state index contributed by atoms with van der Waals surface area (Å²) in [5.41, 5.74) is 0.950. The number of benzene rings is 1. The zero-order chi connectivity index (χ0) is 15.5. The maximum atomic E-state index is 12.2. The Kier molecular flexibility index (Phi) is 6.85. The van der Waals surface area contributed by atoms with Crippen molar-refractivity contribution >= 4 is 52.7 Å². The Morgan fingerprint density at radius 1 is 1.30 bits per heavy atom. The smallest absolute Gasteiger partial charge is 0.241 e. The van der Waals surface area contributed by atoms with Gasteiger partial charge in [-0.1, -0.05) is 22.9 Å². The van der Waals surface area contributed by atoms with Crippen LogP contribution in [0.2, 0.25) is 0 Å². The van der Waals surface area contributed by atoms with Crippen LogP contribution >= 0.6 is 31.9 Å². The molecule has 0 spiro atoms. The number of hydrogen-bond donors (Lipinski definition) is 1. The third-order valence-electron chi connectivity index (χ3n) is 2.91. The van der Waals surface area contributed by atoms with Crippen LogP contribution in [-0.2, 0) is 20.8 Å². The molecular weight excluding hydrogens is 430 g/mol. The first kappa shape index (κ1) is 18.3. The van der Waals surface area contributed by atoms with Crippen LogP contribution in [0, 0.1) is 6.92 Å². The molecule has 0 aliphatic rings. The molecule has 20 heavy (non-hydrogen) atoms. The van der Waals surface area contributed by atoms with Gasteiger partial charge >= 0.3 is 0 Å². The summed E-state index contributed by atoms with van der Waals surface area (Å²) >= 11 is 6.60. The first-order valence-corrected chi connectivity index (χ1v) is 10.6. The Hall–Kier alpha value is 0.240. The first-order valence-electron chi connectivity index (χ1n) is 5.92. The standard InChI is InChI=1S/C12H17Br2NO3S2/c1-8-6-11(14)12(7-10(8)13)20(17,18)15-5-4-9(2)19(3)16/h6-7,9,15H,4-5H2,1-3H3. The van der Waals surface area contributed by atoms with Crippen LogP contribution in [0.1, 0.15) is 18.9 Å². The van der Waals surface area contributed by atoms with E-state index in [2.05, 4.69) is 36.6 Å². The predicted octanol–water partition coefficient (Wildman–Crippen LogP) is 2.96. The zero-order valence-corrected chi connectivity index (χ0v) is 16.2. The number of hydrogen-bond acceptors (Lipinski definition) is 3. The second-order valence-corrected chi connectivity index (χ2v) is 9.77. The number of nitrogens with one attached hydrogen (secondary N) is 1. The average Bonchev–Trinajstić information content (AvgIpc) is 2.33. The summed E-state index contributed by atoms with van der Waals surface area (Å²) in [6, 6.07) is 3.32. The lowest BCUT2D eigenvalue weighted by molar-refractivity contribution is 0.577. The normalized spacial score (nSPS) is 15.1. The van der Waals surface area contributed by atoms with Crippen molar-refractivity contribution in [2.45, 2.75) is 30.4 Å². The van der Waals surface area contributed by atoms with Crippen LogP contribution < -0.4 is 4.72 Å². The molecule has 114 valence electrons. The molecule has 0 heterocycles. The SMILES string of the molecule is Cc1cc(Br)c(S(=O)(=O)NCCC(C)S(C)=O)cc1Br. The fourth-order valence-electron chi connectivity index (χ4n) is 1.47. The van der Waals surface area contributed by atoms with Crippen molar-refractivity contribution in [3.05, 3.63) is 26.6 Å². The van der Waals surface area contributed by atoms with Gasteiger partial charge in [-0.25, -0.2) is 13.1 Å². The van der Waals surface area contributed by atoms with Crippen molar-refractivity contribution in [2.24, 2.45) is 0 Å². The largest absolute Gasteiger partial charge is 0.260 e. The molecule has 1 rings (SSSR count). The minimum atomic E-state index is -3.58. The van der Waals surface area contributed by atoms with Gasteiger partial charge in [0.15, 0.2) is 0 Å². The summed E-state index contributed by atoms with van der Waals surface area (Å²) in [6.45, 7) is 3.99. The van der Waals surface area contributed by atoms with Crippen LogP contribution in [0.5, 0.6) is 0 Å². The maximum Gasteiger partial charge on any atom is 0.241 e. The van der Waals surface area contributed by atoms with Gasteiger partial charge in [-0.05, 0) is 47.0 Å². The molecule has 8 heteroatoms. The molecule has 0 fully saturated rings. The van der Waals surface area contributed by atoms with Gasteiger partial charge < -0.3 is 0 Å². The number of sulfonamides is 1. The molecule has 0 saturated carbocycles. The summed E-state index contributed by atoms with van der Waals surface area (Å²) in [5, 5.41) is -0.0362. The Labute approximate surface area is 139 Å². The van der Waals surface area contributed by atoms with E-state index in [-0.39, 0.29) is 16.7 Å². The fraction of sp³-hybridized carbons (Fsp3) is 0.500. The number of halogens is 2. The molecule has 4 nitrogen and oxygen atoms in total. The van der Waals surface area contributed by atoms with Gasteiger partial charge in [0.1, 0.15) is 0 Å². The summed E-state index contributed by atoms with van der Waals surface area (Å²) < 4.78 is 39.5. The van der Waals surface area contributed by atoms with E-state index in [4.69, 9.17) is 0 Å². The highest BCUT2D eigenvalue weighted by Gasteiger charge is 2.19. The van der Waals surface area contributed by atoms with Gasteiger partial charge in [-0.2, -0.15) is 0 Å². The fourth-order valence-corrected chi connectivity index (χ4v) is 4.65. The van der Waals surface area contributed by atoms with Crippen molar-refractivity contribution < 1.29 is 12.6 Å². The lowest BCUT2D eigenvalue weighted by atomic mass is 10.2. The zero-order valence-electron chi connectivity index (χ0n) is 11.4. The molecule has 0 aromatic heterocycles. The van der Waals surface area contributed by atoms with Crippen LogP contribution in [0.3, 0.4) is 0 Å². The van der Waals surface area contributed by atoms with Crippen molar-refractivity contribution in [1.82, 2.24) is 4.72 Å². The lowest BCUT2D eigenvalue weighted by Crippen LogP contribution is -2.28. The van der Waals surface area contributed by atoms with Crippen molar-refractivity contribution in [3.8, 4) is 0 Å². The summed E-state index contributed by atoms with van der Waals surface area (Å²) in [7, 11) is -4.52. The first-order chi connectivity index (χ1) is 9.15. The molecule has 1 aromatic carbocycles. The molecule has 2 unspecified atom stereocenters. The van der Waals surface area contributed by atoms with E-state index in [1.165, 1.54) is 0 Å². The van der Waals surface area contributed by atoms with Crippen LogP contribution in [0.25, 0.3) is 0 Å². The Bertz CT molecular complexity index is 617. The van der Waals surface area contributed by atoms with E-state index >= 15 is 0 Å². The van der Waals surface area contributed by atoms with Gasteiger partial charge in [0.05, 0.1) is 4.90 Å². The second kappa shape index (κ2) is 7.49. The van der Waals surface area contributed by atoms with Gasteiger partial charge in [0.2, 0.25) is 10.0 Å². The summed E-state index contributed by atoms with van der Waals surface area (Å²) in [6.07, 6.45) is 2.15. The Morgan fingerprint density at radius 3 is 2.45 bits per heavy atom. The van der Waals surface area contributed by atoms with Crippen molar-refractivity contribution in [1.29, 1.82) is 0 Å². The highest BCUT2D eigenvalue weighted by molar-refractivity contribution is 9.11. The summed E-state index contributed by atoms with van der Waals surface area (Å²) in [4.78, 5) is 0.195. The third-order valence-corrected chi connectivity index (χ3v) is 7.56. The summed E-state index contributed by atoms with van der Waals surface area (Å²) in [5.74, 6) is 0. The Morgan fingerprint density at radius 2 is 1.90 bits per heavy atom. The molecule has 0 aliphatic heterocycles. The molecule has 0 aliphatic carbocycles. The van der Waals surface area contributed by atoms with Gasteiger partial charge in [-0.15, -0.1) is 0 Å². The molecule has 1 aromatic rings. The monoisotopic (exact) mass is 445 g/mol. The van der Waals surface area contributed by atoms with Gasteiger partial charge in [0, 0.05) is 37.8 Å². The molecule has 0 amide bonds. The molecule has 2 atom stereocenters. The van der Waals surface area contributed by atoms with Crippen LogP contribution in [0.4, 0.5) is 0 Å². The minimum Gasteiger partial charge on any atom is -0.260 e. The van der Waals surface area contributed by atoms with E-state index in [9.17, 15) is 12.6 Å². The highest BCUT2D eigenvalue weighted by Crippen LogP contribution is 2.28. The van der Waals surface area contributed by atoms with Gasteiger partial charge in [-0.3, -0.25) is 4.21 Å². The van der Waals surface area contributed by atoms with Crippen LogP contribution in [-0.4, -0.2) is 30.7 Å². The van der Waals surface area contributed by atoms with E-state index < -0.39 is 20.8 Å². The van der Waals surface area contributed by atoms with E-state index in [0.29, 0.717) is 10.9 Å². The molecule has 1 N–H and O–H groups in total. The topological polar surface area (TPSA) is 63.2 Å². The molecule has 0 bridgehead atoms. The van der Waals surface area contributed by atoms with E-state index in [0.717, 1.165) is 10.0 Å². The third kappa shape index (κ3) is 4.91. The van der Waals surface area contributed by atoms with E-state index in [1.807, 2.05) is 13.8 Å². The quantitative estimate of drug-likeness (QED) is 0.730. The molecule has 0 radical (unpaired) electrons. The highest BCUT2D eigenvalue weighted by atomic mass is 79.9. The number of aryl methyl sites for hydroxylation is 1. The van der Waals surface area contributed by atoms with Gasteiger partial charge in [0.25, 0.3) is 0 Å². The number of rotatable bonds is 6. The Balaban J connectivity index is 2.85.